The fourth-order valence-electron chi connectivity index (χ4n) is 5.05. The van der Waals surface area contributed by atoms with Gasteiger partial charge in [0.2, 0.25) is 15.9 Å². The molecule has 0 bridgehead atoms. The lowest BCUT2D eigenvalue weighted by molar-refractivity contribution is -0.122. The molecule has 188 valence electrons. The number of carbonyl (C=O) groups is 1. The number of nitrogens with one attached hydrogen (secondary N) is 1. The molecule has 34 heavy (non-hydrogen) atoms. The Morgan fingerprint density at radius 1 is 1.21 bits per heavy atom. The molecule has 4 rings (SSSR count). The van der Waals surface area contributed by atoms with E-state index in [2.05, 4.69) is 23.7 Å². The van der Waals surface area contributed by atoms with E-state index in [1.54, 1.807) is 12.1 Å². The standard InChI is InChI=1S/C25H38N4O4S/c1-3-4-13-29-23-10-9-20(34(31,32)28-14-16-33-17-15-28)18-22(23)26-24(29)11-12-25(30)27-21-8-6-5-7-19(21)2/h9-10,18-19,21H,3-8,11-17H2,1-2H3,(H,27,30). The van der Waals surface area contributed by atoms with Crippen LogP contribution in [0.15, 0.2) is 23.1 Å². The molecule has 1 aliphatic heterocycles. The van der Waals surface area contributed by atoms with Gasteiger partial charge in [-0.1, -0.05) is 33.1 Å². The number of morpholine rings is 1. The van der Waals surface area contributed by atoms with Crippen molar-refractivity contribution in [1.82, 2.24) is 19.2 Å². The van der Waals surface area contributed by atoms with Crippen molar-refractivity contribution in [1.29, 1.82) is 0 Å². The number of amides is 1. The van der Waals surface area contributed by atoms with Crippen LogP contribution >= 0.6 is 0 Å². The third kappa shape index (κ3) is 5.63. The number of imidazole rings is 1. The molecule has 1 saturated carbocycles. The lowest BCUT2D eigenvalue weighted by Gasteiger charge is -2.29. The van der Waals surface area contributed by atoms with E-state index < -0.39 is 10.0 Å². The van der Waals surface area contributed by atoms with Crippen LogP contribution in [0.1, 0.15) is 64.6 Å². The summed E-state index contributed by atoms with van der Waals surface area (Å²) in [6, 6.07) is 5.49. The first-order chi connectivity index (χ1) is 16.4. The van der Waals surface area contributed by atoms with Gasteiger partial charge in [0.1, 0.15) is 5.82 Å². The van der Waals surface area contributed by atoms with Gasteiger partial charge < -0.3 is 14.6 Å². The zero-order valence-corrected chi connectivity index (χ0v) is 21.3. The number of ether oxygens (including phenoxy) is 1. The number of aromatic nitrogens is 2. The molecule has 9 heteroatoms. The van der Waals surface area contributed by atoms with E-state index in [9.17, 15) is 13.2 Å². The Labute approximate surface area is 203 Å². The number of hydrogen-bond donors (Lipinski definition) is 1. The predicted molar refractivity (Wildman–Crippen MR) is 132 cm³/mol. The van der Waals surface area contributed by atoms with E-state index in [1.807, 2.05) is 6.07 Å². The normalized spacial score (nSPS) is 22.2. The molecule has 2 fully saturated rings. The topological polar surface area (TPSA) is 93.5 Å². The molecule has 2 aliphatic rings. The predicted octanol–water partition coefficient (Wildman–Crippen LogP) is 3.48. The number of benzene rings is 1. The molecule has 0 radical (unpaired) electrons. The number of sulfonamides is 1. The van der Waals surface area contributed by atoms with Crippen LogP contribution in [-0.4, -0.2) is 60.5 Å². The Bertz CT molecular complexity index is 1090. The van der Waals surface area contributed by atoms with Crippen molar-refractivity contribution in [3.05, 3.63) is 24.0 Å². The van der Waals surface area contributed by atoms with Gasteiger partial charge in [-0.15, -0.1) is 0 Å². The van der Waals surface area contributed by atoms with E-state index in [4.69, 9.17) is 9.72 Å². The zero-order chi connectivity index (χ0) is 24.1. The van der Waals surface area contributed by atoms with Crippen molar-refractivity contribution >= 4 is 27.0 Å². The third-order valence-electron chi connectivity index (χ3n) is 7.18. The molecule has 2 unspecified atom stereocenters. The highest BCUT2D eigenvalue weighted by molar-refractivity contribution is 7.89. The molecule has 0 spiro atoms. The van der Waals surface area contributed by atoms with Crippen molar-refractivity contribution in [2.24, 2.45) is 5.92 Å². The van der Waals surface area contributed by atoms with E-state index in [-0.39, 0.29) is 16.8 Å². The number of nitrogens with zero attached hydrogens (tertiary/aromatic N) is 3. The molecular formula is C25H38N4O4S. The van der Waals surface area contributed by atoms with Crippen LogP contribution in [-0.2, 0) is 32.5 Å². The summed E-state index contributed by atoms with van der Waals surface area (Å²) < 4.78 is 35.1. The number of aryl methyl sites for hydroxylation is 2. The molecule has 1 saturated heterocycles. The zero-order valence-electron chi connectivity index (χ0n) is 20.5. The van der Waals surface area contributed by atoms with Crippen molar-refractivity contribution in [3.63, 3.8) is 0 Å². The lowest BCUT2D eigenvalue weighted by Crippen LogP contribution is -2.41. The molecule has 2 atom stereocenters. The SMILES string of the molecule is CCCCn1c(CCC(=O)NC2CCCCC2C)nc2cc(S(=O)(=O)N3CCOCC3)ccc21. The highest BCUT2D eigenvalue weighted by Gasteiger charge is 2.27. The van der Waals surface area contributed by atoms with E-state index in [0.29, 0.717) is 50.6 Å². The summed E-state index contributed by atoms with van der Waals surface area (Å²) in [5, 5.41) is 3.23. The molecule has 1 aromatic heterocycles. The number of rotatable bonds is 9. The molecule has 1 aromatic carbocycles. The van der Waals surface area contributed by atoms with Crippen LogP contribution < -0.4 is 5.32 Å². The van der Waals surface area contributed by atoms with Crippen LogP contribution in [0.25, 0.3) is 11.0 Å². The van der Waals surface area contributed by atoms with Gasteiger partial charge in [0, 0.05) is 38.5 Å². The maximum Gasteiger partial charge on any atom is 0.243 e. The molecule has 2 aromatic rings. The van der Waals surface area contributed by atoms with Crippen LogP contribution in [0.5, 0.6) is 0 Å². The fourth-order valence-corrected chi connectivity index (χ4v) is 6.48. The first-order valence-corrected chi connectivity index (χ1v) is 14.2. The van der Waals surface area contributed by atoms with Crippen molar-refractivity contribution in [2.45, 2.75) is 82.7 Å². The summed E-state index contributed by atoms with van der Waals surface area (Å²) in [7, 11) is -3.58. The average Bonchev–Trinajstić information content (AvgIpc) is 3.20. The van der Waals surface area contributed by atoms with E-state index in [1.165, 1.54) is 23.6 Å². The summed E-state index contributed by atoms with van der Waals surface area (Å²) in [6.45, 7) is 6.73. The van der Waals surface area contributed by atoms with Gasteiger partial charge in [-0.25, -0.2) is 13.4 Å². The minimum Gasteiger partial charge on any atom is -0.379 e. The Morgan fingerprint density at radius 3 is 2.71 bits per heavy atom. The summed E-state index contributed by atoms with van der Waals surface area (Å²) in [6.07, 6.45) is 7.63. The van der Waals surface area contributed by atoms with Gasteiger partial charge in [0.25, 0.3) is 0 Å². The van der Waals surface area contributed by atoms with Crippen molar-refractivity contribution in [2.75, 3.05) is 26.3 Å². The Morgan fingerprint density at radius 2 is 1.97 bits per heavy atom. The molecular weight excluding hydrogens is 452 g/mol. The second-order valence-corrected chi connectivity index (χ2v) is 11.6. The van der Waals surface area contributed by atoms with Crippen LogP contribution in [0, 0.1) is 5.92 Å². The Balaban J connectivity index is 1.52. The molecule has 2 heterocycles. The minimum absolute atomic E-state index is 0.0726. The van der Waals surface area contributed by atoms with Gasteiger partial charge in [-0.05, 0) is 43.4 Å². The summed E-state index contributed by atoms with van der Waals surface area (Å²) >= 11 is 0. The quantitative estimate of drug-likeness (QED) is 0.581. The maximum atomic E-state index is 13.1. The van der Waals surface area contributed by atoms with Crippen molar-refractivity contribution < 1.29 is 17.9 Å². The number of hydrogen-bond acceptors (Lipinski definition) is 5. The first-order valence-electron chi connectivity index (χ1n) is 12.8. The van der Waals surface area contributed by atoms with Gasteiger partial charge >= 0.3 is 0 Å². The van der Waals surface area contributed by atoms with E-state index in [0.717, 1.165) is 37.1 Å². The van der Waals surface area contributed by atoms with E-state index >= 15 is 0 Å². The number of fused-ring (bicyclic) bond motifs is 1. The van der Waals surface area contributed by atoms with Crippen molar-refractivity contribution in [3.8, 4) is 0 Å². The third-order valence-corrected chi connectivity index (χ3v) is 9.07. The van der Waals surface area contributed by atoms with Crippen LogP contribution in [0.2, 0.25) is 0 Å². The maximum absolute atomic E-state index is 13.1. The molecule has 1 amide bonds. The highest BCUT2D eigenvalue weighted by atomic mass is 32.2. The summed E-state index contributed by atoms with van der Waals surface area (Å²) in [5.74, 6) is 1.44. The van der Waals surface area contributed by atoms with Crippen LogP contribution in [0.4, 0.5) is 0 Å². The fraction of sp³-hybridized carbons (Fsp3) is 0.680. The Hall–Kier alpha value is -1.97. The smallest absolute Gasteiger partial charge is 0.243 e. The minimum atomic E-state index is -3.58. The highest BCUT2D eigenvalue weighted by Crippen LogP contribution is 2.26. The Kier molecular flexibility index (Phi) is 8.26. The molecule has 1 aliphatic carbocycles. The first kappa shape index (κ1) is 25.1. The van der Waals surface area contributed by atoms with Gasteiger partial charge in [-0.3, -0.25) is 4.79 Å². The lowest BCUT2D eigenvalue weighted by atomic mass is 9.86. The van der Waals surface area contributed by atoms with Gasteiger partial charge in [-0.2, -0.15) is 4.31 Å². The second-order valence-electron chi connectivity index (χ2n) is 9.64. The molecule has 1 N–H and O–H groups in total. The summed E-state index contributed by atoms with van der Waals surface area (Å²) in [4.78, 5) is 17.7. The number of unbranched alkanes of at least 4 members (excludes halogenated alkanes) is 1. The average molecular weight is 491 g/mol. The molecule has 8 nitrogen and oxygen atoms in total. The number of carbonyl (C=O) groups excluding carboxylic acids is 1. The monoisotopic (exact) mass is 490 g/mol. The second kappa shape index (κ2) is 11.2. The summed E-state index contributed by atoms with van der Waals surface area (Å²) in [5.41, 5.74) is 1.59. The van der Waals surface area contributed by atoms with Gasteiger partial charge in [0.05, 0.1) is 29.1 Å². The van der Waals surface area contributed by atoms with Gasteiger partial charge in [0.15, 0.2) is 0 Å². The largest absolute Gasteiger partial charge is 0.379 e. The van der Waals surface area contributed by atoms with Crippen LogP contribution in [0.3, 0.4) is 0 Å².